The van der Waals surface area contributed by atoms with E-state index in [0.717, 1.165) is 0 Å². The summed E-state index contributed by atoms with van der Waals surface area (Å²) in [4.78, 5) is 26.1. The molecule has 0 radical (unpaired) electrons. The number of allylic oxidation sites excluding steroid dienone is 2. The molecule has 0 spiro atoms. The van der Waals surface area contributed by atoms with Crippen molar-refractivity contribution in [1.29, 1.82) is 0 Å². The fourth-order valence-electron chi connectivity index (χ4n) is 2.18. The van der Waals surface area contributed by atoms with Gasteiger partial charge in [0.1, 0.15) is 5.76 Å². The van der Waals surface area contributed by atoms with Gasteiger partial charge in [-0.25, -0.2) is 0 Å². The number of benzene rings is 1. The zero-order valence-electron chi connectivity index (χ0n) is 12.8. The summed E-state index contributed by atoms with van der Waals surface area (Å²) < 4.78 is 5.64. The predicted molar refractivity (Wildman–Crippen MR) is 99.9 cm³/mol. The number of thioether (sulfide) groups is 1. The van der Waals surface area contributed by atoms with Gasteiger partial charge in [0.05, 0.1) is 16.9 Å². The lowest BCUT2D eigenvalue weighted by atomic mass is 10.1. The van der Waals surface area contributed by atoms with Gasteiger partial charge in [0.15, 0.2) is 10.1 Å². The number of ketones is 1. The summed E-state index contributed by atoms with van der Waals surface area (Å²) >= 11 is 6.55. The number of anilines is 1. The summed E-state index contributed by atoms with van der Waals surface area (Å²) in [6.45, 7) is 1.49. The molecule has 0 atom stereocenters. The molecule has 0 N–H and O–H groups in total. The second-order valence-electron chi connectivity index (χ2n) is 5.02. The van der Waals surface area contributed by atoms with Crippen LogP contribution in [0.15, 0.2) is 64.1 Å². The van der Waals surface area contributed by atoms with Crippen LogP contribution in [-0.2, 0) is 4.79 Å². The molecule has 1 aromatic heterocycles. The first-order valence-corrected chi connectivity index (χ1v) is 8.38. The number of hydrogen-bond donors (Lipinski definition) is 0. The molecule has 120 valence electrons. The zero-order valence-corrected chi connectivity index (χ0v) is 14.4. The van der Waals surface area contributed by atoms with Gasteiger partial charge >= 0.3 is 0 Å². The minimum absolute atomic E-state index is 0.0563. The minimum atomic E-state index is -0.199. The van der Waals surface area contributed by atoms with E-state index in [1.54, 1.807) is 54.8 Å². The summed E-state index contributed by atoms with van der Waals surface area (Å²) in [5.41, 5.74) is 1.15. The largest absolute Gasteiger partial charge is 0.465 e. The lowest BCUT2D eigenvalue weighted by molar-refractivity contribution is -0.113. The number of Topliss-reactive ketones (excluding diaryl/α,β-unsaturated/α-hetero) is 1. The number of carbonyl (C=O) groups is 2. The van der Waals surface area contributed by atoms with E-state index < -0.39 is 0 Å². The van der Waals surface area contributed by atoms with E-state index in [1.807, 2.05) is 6.07 Å². The SMILES string of the molecule is CC(=O)c1cccc(N2C(=O)/C(=C\C=C\c3ccco3)SC2=S)c1. The maximum absolute atomic E-state index is 12.6. The van der Waals surface area contributed by atoms with Crippen LogP contribution in [0.5, 0.6) is 0 Å². The average Bonchev–Trinajstić information content (AvgIpc) is 3.16. The summed E-state index contributed by atoms with van der Waals surface area (Å²) in [6.07, 6.45) is 6.80. The first kappa shape index (κ1) is 16.4. The number of nitrogens with zero attached hydrogens (tertiary/aromatic N) is 1. The normalized spacial score (nSPS) is 16.5. The third-order valence-corrected chi connectivity index (χ3v) is 4.68. The van der Waals surface area contributed by atoms with Crippen molar-refractivity contribution in [2.24, 2.45) is 0 Å². The second kappa shape index (κ2) is 6.98. The molecule has 3 rings (SSSR count). The Hall–Kier alpha value is -2.44. The third kappa shape index (κ3) is 3.39. The highest BCUT2D eigenvalue weighted by molar-refractivity contribution is 8.27. The van der Waals surface area contributed by atoms with Gasteiger partial charge in [0.2, 0.25) is 0 Å². The molecule has 0 saturated carbocycles. The van der Waals surface area contributed by atoms with E-state index in [0.29, 0.717) is 26.2 Å². The van der Waals surface area contributed by atoms with Crippen molar-refractivity contribution in [2.45, 2.75) is 6.92 Å². The van der Waals surface area contributed by atoms with Gasteiger partial charge in [0, 0.05) is 5.56 Å². The van der Waals surface area contributed by atoms with Gasteiger partial charge < -0.3 is 4.42 Å². The molecule has 2 heterocycles. The zero-order chi connectivity index (χ0) is 17.1. The van der Waals surface area contributed by atoms with Crippen molar-refractivity contribution in [3.05, 3.63) is 71.0 Å². The van der Waals surface area contributed by atoms with Crippen LogP contribution in [-0.4, -0.2) is 16.0 Å². The van der Waals surface area contributed by atoms with Gasteiger partial charge in [-0.15, -0.1) is 0 Å². The minimum Gasteiger partial charge on any atom is -0.465 e. The molecule has 1 aromatic carbocycles. The highest BCUT2D eigenvalue weighted by Crippen LogP contribution is 2.35. The molecule has 1 aliphatic heterocycles. The fraction of sp³-hybridized carbons (Fsp3) is 0.0556. The number of carbonyl (C=O) groups excluding carboxylic acids is 2. The van der Waals surface area contributed by atoms with Crippen molar-refractivity contribution in [3.63, 3.8) is 0 Å². The smallest absolute Gasteiger partial charge is 0.270 e. The lowest BCUT2D eigenvalue weighted by Crippen LogP contribution is -2.27. The molecule has 1 saturated heterocycles. The third-order valence-electron chi connectivity index (χ3n) is 3.36. The van der Waals surface area contributed by atoms with Crippen LogP contribution >= 0.6 is 24.0 Å². The van der Waals surface area contributed by atoms with E-state index >= 15 is 0 Å². The molecule has 2 aromatic rings. The summed E-state index contributed by atoms with van der Waals surface area (Å²) in [5, 5.41) is 0. The van der Waals surface area contributed by atoms with Crippen molar-refractivity contribution in [2.75, 3.05) is 4.90 Å². The Labute approximate surface area is 148 Å². The van der Waals surface area contributed by atoms with E-state index in [4.69, 9.17) is 16.6 Å². The Bertz CT molecular complexity index is 866. The molecule has 0 aliphatic carbocycles. The maximum Gasteiger partial charge on any atom is 0.270 e. The number of rotatable bonds is 4. The Morgan fingerprint density at radius 1 is 1.29 bits per heavy atom. The molecular formula is C18H13NO3S2. The van der Waals surface area contributed by atoms with Crippen LogP contribution in [0, 0.1) is 0 Å². The highest BCUT2D eigenvalue weighted by Gasteiger charge is 2.33. The first-order chi connectivity index (χ1) is 11.6. The summed E-state index contributed by atoms with van der Waals surface area (Å²) in [7, 11) is 0. The molecule has 6 heteroatoms. The van der Waals surface area contributed by atoms with Gasteiger partial charge in [-0.05, 0) is 43.3 Å². The van der Waals surface area contributed by atoms with Crippen LogP contribution in [0.3, 0.4) is 0 Å². The van der Waals surface area contributed by atoms with E-state index in [9.17, 15) is 9.59 Å². The van der Waals surface area contributed by atoms with Crippen LogP contribution in [0.2, 0.25) is 0 Å². The molecular weight excluding hydrogens is 342 g/mol. The average molecular weight is 355 g/mol. The molecule has 0 bridgehead atoms. The Balaban J connectivity index is 1.84. The van der Waals surface area contributed by atoms with Gasteiger partial charge in [-0.2, -0.15) is 0 Å². The van der Waals surface area contributed by atoms with Crippen molar-refractivity contribution in [3.8, 4) is 0 Å². The number of amides is 1. The number of furan rings is 1. The van der Waals surface area contributed by atoms with Gasteiger partial charge in [-0.1, -0.05) is 42.2 Å². The van der Waals surface area contributed by atoms with Crippen molar-refractivity contribution < 1.29 is 14.0 Å². The second-order valence-corrected chi connectivity index (χ2v) is 6.70. The fourth-order valence-corrected chi connectivity index (χ4v) is 3.44. The lowest BCUT2D eigenvalue weighted by Gasteiger charge is -2.15. The molecule has 4 nitrogen and oxygen atoms in total. The van der Waals surface area contributed by atoms with Crippen LogP contribution in [0.4, 0.5) is 5.69 Å². The van der Waals surface area contributed by atoms with Crippen LogP contribution in [0.1, 0.15) is 23.0 Å². The number of hydrogen-bond acceptors (Lipinski definition) is 5. The highest BCUT2D eigenvalue weighted by atomic mass is 32.2. The van der Waals surface area contributed by atoms with E-state index in [2.05, 4.69) is 0 Å². The van der Waals surface area contributed by atoms with Crippen molar-refractivity contribution >= 4 is 51.8 Å². The molecule has 0 unspecified atom stereocenters. The topological polar surface area (TPSA) is 50.5 Å². The van der Waals surface area contributed by atoms with E-state index in [1.165, 1.54) is 23.6 Å². The quantitative estimate of drug-likeness (QED) is 0.461. The van der Waals surface area contributed by atoms with E-state index in [-0.39, 0.29) is 11.7 Å². The van der Waals surface area contributed by atoms with Crippen LogP contribution in [0.25, 0.3) is 6.08 Å². The predicted octanol–water partition coefficient (Wildman–Crippen LogP) is 4.44. The Morgan fingerprint density at radius 3 is 2.83 bits per heavy atom. The van der Waals surface area contributed by atoms with Gasteiger partial charge in [-0.3, -0.25) is 14.5 Å². The number of thiocarbonyl (C=S) groups is 1. The maximum atomic E-state index is 12.6. The molecule has 1 fully saturated rings. The molecule has 1 aliphatic rings. The Morgan fingerprint density at radius 2 is 2.12 bits per heavy atom. The van der Waals surface area contributed by atoms with Crippen LogP contribution < -0.4 is 4.90 Å². The van der Waals surface area contributed by atoms with Crippen molar-refractivity contribution in [1.82, 2.24) is 0 Å². The molecule has 1 amide bonds. The molecule has 24 heavy (non-hydrogen) atoms. The summed E-state index contributed by atoms with van der Waals surface area (Å²) in [6, 6.07) is 10.5. The standard InChI is InChI=1S/C18H13NO3S2/c1-12(20)13-5-2-6-14(11-13)19-17(21)16(24-18(19)23)9-3-7-15-8-4-10-22-15/h2-11H,1H3/b7-3+,16-9+. The summed E-state index contributed by atoms with van der Waals surface area (Å²) in [5.74, 6) is 0.449. The monoisotopic (exact) mass is 355 g/mol. The Kier molecular flexibility index (Phi) is 4.78. The first-order valence-electron chi connectivity index (χ1n) is 7.15. The van der Waals surface area contributed by atoms with Gasteiger partial charge in [0.25, 0.3) is 5.91 Å².